The molecule has 128 valence electrons. The number of amides is 2. The van der Waals surface area contributed by atoms with Crippen molar-refractivity contribution in [3.63, 3.8) is 0 Å². The zero-order valence-corrected chi connectivity index (χ0v) is 14.0. The molecule has 1 aliphatic heterocycles. The zero-order chi connectivity index (χ0) is 15.9. The first-order chi connectivity index (χ1) is 10.6. The Hall–Kier alpha value is -1.66. The summed E-state index contributed by atoms with van der Waals surface area (Å²) in [6.45, 7) is 1.90. The highest BCUT2D eigenvalue weighted by atomic mass is 35.5. The molecule has 1 heterocycles. The third-order valence-electron chi connectivity index (χ3n) is 3.92. The van der Waals surface area contributed by atoms with Gasteiger partial charge in [-0.2, -0.15) is 0 Å². The fourth-order valence-corrected chi connectivity index (χ4v) is 2.56. The number of nitrogens with zero attached hydrogens (tertiary/aromatic N) is 1. The highest BCUT2D eigenvalue weighted by Crippen LogP contribution is 2.20. The van der Waals surface area contributed by atoms with Crippen LogP contribution in [-0.4, -0.2) is 43.4 Å². The van der Waals surface area contributed by atoms with Crippen LogP contribution >= 0.6 is 12.4 Å². The molecule has 0 bridgehead atoms. The molecular formula is C16H23ClFN3O2. The zero-order valence-electron chi connectivity index (χ0n) is 13.2. The molecule has 2 rings (SSSR count). The Morgan fingerprint density at radius 3 is 2.39 bits per heavy atom. The van der Waals surface area contributed by atoms with Crippen molar-refractivity contribution in [2.45, 2.75) is 19.3 Å². The van der Waals surface area contributed by atoms with E-state index in [1.807, 2.05) is 11.9 Å². The Labute approximate surface area is 142 Å². The molecular weight excluding hydrogens is 321 g/mol. The van der Waals surface area contributed by atoms with Crippen molar-refractivity contribution >= 4 is 29.9 Å². The van der Waals surface area contributed by atoms with E-state index in [2.05, 4.69) is 10.6 Å². The lowest BCUT2D eigenvalue weighted by atomic mass is 9.95. The number of rotatable bonds is 5. The van der Waals surface area contributed by atoms with E-state index in [9.17, 15) is 14.0 Å². The van der Waals surface area contributed by atoms with Crippen LogP contribution in [0.25, 0.3) is 0 Å². The molecule has 1 aliphatic rings. The number of hydrogen-bond donors (Lipinski definition) is 2. The Bertz CT molecular complexity index is 517. The number of anilines is 1. The number of likely N-dealkylation sites (tertiary alicyclic amines) is 1. The highest BCUT2D eigenvalue weighted by Gasteiger charge is 2.27. The van der Waals surface area contributed by atoms with E-state index < -0.39 is 0 Å². The number of nitrogens with one attached hydrogen (secondary N) is 2. The fraction of sp³-hybridized carbons (Fsp3) is 0.500. The second-order valence-corrected chi connectivity index (χ2v) is 5.50. The van der Waals surface area contributed by atoms with Crippen molar-refractivity contribution < 1.29 is 14.0 Å². The van der Waals surface area contributed by atoms with Crippen molar-refractivity contribution in [1.29, 1.82) is 0 Å². The van der Waals surface area contributed by atoms with Crippen LogP contribution in [0.5, 0.6) is 0 Å². The molecule has 0 unspecified atom stereocenters. The van der Waals surface area contributed by atoms with Crippen LogP contribution in [0.4, 0.5) is 10.1 Å². The van der Waals surface area contributed by atoms with Crippen LogP contribution in [0.1, 0.15) is 19.3 Å². The molecule has 0 aromatic heterocycles. The van der Waals surface area contributed by atoms with Crippen LogP contribution in [0.2, 0.25) is 0 Å². The minimum absolute atomic E-state index is 0. The smallest absolute Gasteiger partial charge is 0.227 e. The predicted molar refractivity (Wildman–Crippen MR) is 90.1 cm³/mol. The first-order valence-corrected chi connectivity index (χ1v) is 7.59. The third-order valence-corrected chi connectivity index (χ3v) is 3.92. The molecule has 0 aliphatic carbocycles. The summed E-state index contributed by atoms with van der Waals surface area (Å²) in [5.74, 6) is -0.356. The Kier molecular flexibility index (Phi) is 7.98. The molecule has 0 saturated carbocycles. The van der Waals surface area contributed by atoms with Gasteiger partial charge in [0.1, 0.15) is 5.82 Å². The van der Waals surface area contributed by atoms with Crippen LogP contribution in [0.3, 0.4) is 0 Å². The number of hydrogen-bond acceptors (Lipinski definition) is 3. The molecule has 1 aromatic rings. The maximum Gasteiger partial charge on any atom is 0.227 e. The maximum absolute atomic E-state index is 12.8. The average molecular weight is 344 g/mol. The number of piperidine rings is 1. The van der Waals surface area contributed by atoms with Gasteiger partial charge >= 0.3 is 0 Å². The van der Waals surface area contributed by atoms with Gasteiger partial charge < -0.3 is 15.5 Å². The number of carbonyl (C=O) groups is 2. The van der Waals surface area contributed by atoms with E-state index in [0.29, 0.717) is 44.6 Å². The number of carbonyl (C=O) groups excluding carboxylic acids is 2. The molecule has 0 spiro atoms. The van der Waals surface area contributed by atoms with Gasteiger partial charge in [-0.3, -0.25) is 9.59 Å². The monoisotopic (exact) mass is 343 g/mol. The van der Waals surface area contributed by atoms with Crippen molar-refractivity contribution in [2.75, 3.05) is 32.0 Å². The summed E-state index contributed by atoms with van der Waals surface area (Å²) in [6.07, 6.45) is 1.82. The Balaban J connectivity index is 0.00000264. The molecule has 7 heteroatoms. The molecule has 1 fully saturated rings. The lowest BCUT2D eigenvalue weighted by Gasteiger charge is -2.31. The quantitative estimate of drug-likeness (QED) is 0.860. The fourth-order valence-electron chi connectivity index (χ4n) is 2.56. The minimum atomic E-state index is -0.327. The van der Waals surface area contributed by atoms with Crippen LogP contribution in [-0.2, 0) is 9.59 Å². The van der Waals surface area contributed by atoms with E-state index in [1.54, 1.807) is 12.1 Å². The molecule has 1 saturated heterocycles. The molecule has 0 atom stereocenters. The normalized spacial score (nSPS) is 15.0. The van der Waals surface area contributed by atoms with E-state index in [4.69, 9.17) is 0 Å². The van der Waals surface area contributed by atoms with Crippen LogP contribution in [0, 0.1) is 11.7 Å². The lowest BCUT2D eigenvalue weighted by Crippen LogP contribution is -2.42. The first-order valence-electron chi connectivity index (χ1n) is 7.59. The SMILES string of the molecule is CNCCC(=O)N1CCC(C(=O)Nc2ccc(F)cc2)CC1.Cl. The first kappa shape index (κ1) is 19.4. The summed E-state index contributed by atoms with van der Waals surface area (Å²) in [4.78, 5) is 25.9. The summed E-state index contributed by atoms with van der Waals surface area (Å²) < 4.78 is 12.8. The summed E-state index contributed by atoms with van der Waals surface area (Å²) in [6, 6.07) is 5.73. The van der Waals surface area contributed by atoms with Gasteiger partial charge in [0, 0.05) is 37.7 Å². The maximum atomic E-state index is 12.8. The van der Waals surface area contributed by atoms with Gasteiger partial charge in [0.25, 0.3) is 0 Å². The number of halogens is 2. The second-order valence-electron chi connectivity index (χ2n) is 5.50. The van der Waals surface area contributed by atoms with Gasteiger partial charge in [0.15, 0.2) is 0 Å². The predicted octanol–water partition coefficient (Wildman–Crippen LogP) is 2.03. The van der Waals surface area contributed by atoms with E-state index in [-0.39, 0.29) is 36.0 Å². The molecule has 0 radical (unpaired) electrons. The molecule has 23 heavy (non-hydrogen) atoms. The van der Waals surface area contributed by atoms with Gasteiger partial charge in [0.05, 0.1) is 0 Å². The second kappa shape index (κ2) is 9.47. The average Bonchev–Trinajstić information content (AvgIpc) is 2.55. The summed E-state index contributed by atoms with van der Waals surface area (Å²) in [5.41, 5.74) is 0.596. The van der Waals surface area contributed by atoms with E-state index in [1.165, 1.54) is 12.1 Å². The lowest BCUT2D eigenvalue weighted by molar-refractivity contribution is -0.134. The molecule has 2 N–H and O–H groups in total. The third kappa shape index (κ3) is 5.80. The molecule has 1 aromatic carbocycles. The Morgan fingerprint density at radius 2 is 1.83 bits per heavy atom. The Morgan fingerprint density at radius 1 is 1.22 bits per heavy atom. The van der Waals surface area contributed by atoms with Gasteiger partial charge in [-0.25, -0.2) is 4.39 Å². The van der Waals surface area contributed by atoms with Crippen molar-refractivity contribution in [2.24, 2.45) is 5.92 Å². The van der Waals surface area contributed by atoms with Gasteiger partial charge in [0.2, 0.25) is 11.8 Å². The largest absolute Gasteiger partial charge is 0.343 e. The van der Waals surface area contributed by atoms with E-state index >= 15 is 0 Å². The van der Waals surface area contributed by atoms with Crippen LogP contribution < -0.4 is 10.6 Å². The van der Waals surface area contributed by atoms with Gasteiger partial charge in [-0.05, 0) is 44.2 Å². The highest BCUT2D eigenvalue weighted by molar-refractivity contribution is 5.92. The standard InChI is InChI=1S/C16H22FN3O2.ClH/c1-18-9-6-15(21)20-10-7-12(8-11-20)16(22)19-14-4-2-13(17)3-5-14;/h2-5,12,18H,6-11H2,1H3,(H,19,22);1H. The van der Waals surface area contributed by atoms with E-state index in [0.717, 1.165) is 0 Å². The van der Waals surface area contributed by atoms with Crippen molar-refractivity contribution in [1.82, 2.24) is 10.2 Å². The van der Waals surface area contributed by atoms with Gasteiger partial charge in [-0.15, -0.1) is 12.4 Å². The van der Waals surface area contributed by atoms with Gasteiger partial charge in [-0.1, -0.05) is 0 Å². The topological polar surface area (TPSA) is 61.4 Å². The van der Waals surface area contributed by atoms with Crippen molar-refractivity contribution in [3.05, 3.63) is 30.1 Å². The van der Waals surface area contributed by atoms with Crippen molar-refractivity contribution in [3.8, 4) is 0 Å². The number of benzene rings is 1. The van der Waals surface area contributed by atoms with Crippen LogP contribution in [0.15, 0.2) is 24.3 Å². The molecule has 5 nitrogen and oxygen atoms in total. The summed E-state index contributed by atoms with van der Waals surface area (Å²) in [7, 11) is 1.82. The molecule has 2 amide bonds. The summed E-state index contributed by atoms with van der Waals surface area (Å²) >= 11 is 0. The minimum Gasteiger partial charge on any atom is -0.343 e. The summed E-state index contributed by atoms with van der Waals surface area (Å²) in [5, 5.41) is 5.76.